The molecule has 0 atom stereocenters. The van der Waals surface area contributed by atoms with Gasteiger partial charge in [0.05, 0.1) is 12.7 Å². The average molecular weight is 251 g/mol. The third-order valence-electron chi connectivity index (χ3n) is 2.14. The van der Waals surface area contributed by atoms with Gasteiger partial charge in [-0.3, -0.25) is 0 Å². The van der Waals surface area contributed by atoms with Crippen molar-refractivity contribution in [1.29, 1.82) is 0 Å². The van der Waals surface area contributed by atoms with Gasteiger partial charge in [-0.1, -0.05) is 11.3 Å². The van der Waals surface area contributed by atoms with Gasteiger partial charge in [-0.05, 0) is 12.1 Å². The number of aromatic nitrogens is 3. The van der Waals surface area contributed by atoms with Crippen molar-refractivity contribution < 1.29 is 19.0 Å². The fraction of sp³-hybridized carbons (Fsp3) is 0.182. The lowest BCUT2D eigenvalue weighted by Gasteiger charge is -2.05. The molecule has 0 aliphatic carbocycles. The van der Waals surface area contributed by atoms with E-state index >= 15 is 0 Å². The second-order valence-corrected chi connectivity index (χ2v) is 3.48. The van der Waals surface area contributed by atoms with Gasteiger partial charge in [0.1, 0.15) is 18.2 Å². The third-order valence-corrected chi connectivity index (χ3v) is 2.14. The summed E-state index contributed by atoms with van der Waals surface area (Å²) in [6.07, 6.45) is 1.30. The van der Waals surface area contributed by atoms with Gasteiger partial charge in [-0.15, -0.1) is 5.10 Å². The molecule has 2 rings (SSSR count). The minimum atomic E-state index is -1.13. The van der Waals surface area contributed by atoms with E-state index in [2.05, 4.69) is 10.3 Å². The van der Waals surface area contributed by atoms with E-state index in [1.165, 1.54) is 23.0 Å². The van der Waals surface area contributed by atoms with Crippen LogP contribution in [0.3, 0.4) is 0 Å². The van der Waals surface area contributed by atoms with Crippen molar-refractivity contribution in [3.63, 3.8) is 0 Å². The number of aromatic carboxylic acids is 1. The lowest BCUT2D eigenvalue weighted by molar-refractivity contribution is 0.0690. The molecule has 0 amide bonds. The predicted molar refractivity (Wildman–Crippen MR) is 58.9 cm³/mol. The van der Waals surface area contributed by atoms with E-state index in [1.807, 2.05) is 0 Å². The standard InChI is InChI=1S/C11H10FN3O3/c12-8-2-1-3-9(6-8)18-5-4-15-7-10(11(16)17)13-14-15/h1-3,6-7H,4-5H2,(H,16,17). The first-order valence-electron chi connectivity index (χ1n) is 5.17. The minimum absolute atomic E-state index is 0.124. The number of carboxylic acid groups (broad SMARTS) is 1. The third kappa shape index (κ3) is 3.03. The summed E-state index contributed by atoms with van der Waals surface area (Å²) in [6.45, 7) is 0.572. The molecule has 0 fully saturated rings. The van der Waals surface area contributed by atoms with Gasteiger partial charge in [-0.25, -0.2) is 13.9 Å². The van der Waals surface area contributed by atoms with Gasteiger partial charge in [-0.2, -0.15) is 0 Å². The van der Waals surface area contributed by atoms with E-state index < -0.39 is 5.97 Å². The summed E-state index contributed by atoms with van der Waals surface area (Å²) in [4.78, 5) is 10.6. The number of nitrogens with zero attached hydrogens (tertiary/aromatic N) is 3. The Morgan fingerprint density at radius 3 is 3.00 bits per heavy atom. The zero-order chi connectivity index (χ0) is 13.0. The second kappa shape index (κ2) is 5.26. The quantitative estimate of drug-likeness (QED) is 0.863. The van der Waals surface area contributed by atoms with Gasteiger partial charge >= 0.3 is 5.97 Å². The molecule has 0 spiro atoms. The first-order chi connectivity index (χ1) is 8.65. The highest BCUT2D eigenvalue weighted by Gasteiger charge is 2.07. The van der Waals surface area contributed by atoms with Crippen LogP contribution in [0.1, 0.15) is 10.5 Å². The Morgan fingerprint density at radius 1 is 1.50 bits per heavy atom. The summed E-state index contributed by atoms with van der Waals surface area (Å²) in [6, 6.07) is 5.77. The number of hydrogen-bond donors (Lipinski definition) is 1. The molecule has 7 heteroatoms. The van der Waals surface area contributed by atoms with Crippen LogP contribution < -0.4 is 4.74 Å². The molecular weight excluding hydrogens is 241 g/mol. The van der Waals surface area contributed by atoms with E-state index in [4.69, 9.17) is 9.84 Å². The van der Waals surface area contributed by atoms with Crippen molar-refractivity contribution in [1.82, 2.24) is 15.0 Å². The molecule has 0 radical (unpaired) electrons. The number of benzene rings is 1. The van der Waals surface area contributed by atoms with Crippen LogP contribution in [0.4, 0.5) is 4.39 Å². The summed E-state index contributed by atoms with van der Waals surface area (Å²) < 4.78 is 19.5. The fourth-order valence-corrected chi connectivity index (χ4v) is 1.32. The molecule has 1 aromatic heterocycles. The Morgan fingerprint density at radius 2 is 2.33 bits per heavy atom. The topological polar surface area (TPSA) is 77.2 Å². The van der Waals surface area contributed by atoms with Crippen LogP contribution in [-0.2, 0) is 6.54 Å². The molecule has 0 saturated heterocycles. The summed E-state index contributed by atoms with van der Waals surface area (Å²) in [7, 11) is 0. The maximum absolute atomic E-state index is 12.8. The molecule has 2 aromatic rings. The zero-order valence-electron chi connectivity index (χ0n) is 9.28. The van der Waals surface area contributed by atoms with Gasteiger partial charge < -0.3 is 9.84 Å². The molecule has 1 aromatic carbocycles. The van der Waals surface area contributed by atoms with Gasteiger partial charge in [0.15, 0.2) is 5.69 Å². The van der Waals surface area contributed by atoms with Crippen LogP contribution in [0.25, 0.3) is 0 Å². The molecule has 18 heavy (non-hydrogen) atoms. The van der Waals surface area contributed by atoms with E-state index in [0.29, 0.717) is 12.3 Å². The van der Waals surface area contributed by atoms with E-state index in [1.54, 1.807) is 12.1 Å². The molecule has 6 nitrogen and oxygen atoms in total. The Bertz CT molecular complexity index is 556. The number of halogens is 1. The van der Waals surface area contributed by atoms with Gasteiger partial charge in [0, 0.05) is 6.07 Å². The highest BCUT2D eigenvalue weighted by molar-refractivity contribution is 5.84. The van der Waals surface area contributed by atoms with E-state index in [9.17, 15) is 9.18 Å². The molecule has 0 aliphatic heterocycles. The minimum Gasteiger partial charge on any atom is -0.492 e. The molecule has 0 unspecified atom stereocenters. The second-order valence-electron chi connectivity index (χ2n) is 3.48. The van der Waals surface area contributed by atoms with Crippen LogP contribution >= 0.6 is 0 Å². The van der Waals surface area contributed by atoms with Crippen LogP contribution in [-0.4, -0.2) is 32.7 Å². The maximum atomic E-state index is 12.8. The number of hydrogen-bond acceptors (Lipinski definition) is 4. The molecule has 0 saturated carbocycles. The van der Waals surface area contributed by atoms with Crippen LogP contribution in [0.2, 0.25) is 0 Å². The Labute approximate surface area is 102 Å². The van der Waals surface area contributed by atoms with Crippen molar-refractivity contribution in [3.05, 3.63) is 42.0 Å². The molecular formula is C11H10FN3O3. The number of rotatable bonds is 5. The summed E-state index contributed by atoms with van der Waals surface area (Å²) in [5, 5.41) is 15.7. The smallest absolute Gasteiger partial charge is 0.358 e. The van der Waals surface area contributed by atoms with Crippen LogP contribution in [0, 0.1) is 5.82 Å². The molecule has 0 aliphatic rings. The fourth-order valence-electron chi connectivity index (χ4n) is 1.32. The Hall–Kier alpha value is -2.44. The van der Waals surface area contributed by atoms with Crippen molar-refractivity contribution in [2.75, 3.05) is 6.61 Å². The zero-order valence-corrected chi connectivity index (χ0v) is 9.28. The summed E-state index contributed by atoms with van der Waals surface area (Å²) in [5.41, 5.74) is -0.124. The highest BCUT2D eigenvalue weighted by atomic mass is 19.1. The van der Waals surface area contributed by atoms with Crippen molar-refractivity contribution in [3.8, 4) is 5.75 Å². The summed E-state index contributed by atoms with van der Waals surface area (Å²) >= 11 is 0. The predicted octanol–water partition coefficient (Wildman–Crippen LogP) is 1.19. The summed E-state index contributed by atoms with van der Waals surface area (Å²) in [5.74, 6) is -1.10. The number of carboxylic acids is 1. The largest absolute Gasteiger partial charge is 0.492 e. The lowest BCUT2D eigenvalue weighted by Crippen LogP contribution is -2.08. The van der Waals surface area contributed by atoms with Crippen LogP contribution in [0.5, 0.6) is 5.75 Å². The maximum Gasteiger partial charge on any atom is 0.358 e. The molecule has 94 valence electrons. The first kappa shape index (κ1) is 12.0. The molecule has 1 heterocycles. The van der Waals surface area contributed by atoms with Gasteiger partial charge in [0.2, 0.25) is 0 Å². The first-order valence-corrected chi connectivity index (χ1v) is 5.17. The highest BCUT2D eigenvalue weighted by Crippen LogP contribution is 2.11. The van der Waals surface area contributed by atoms with Crippen molar-refractivity contribution in [2.45, 2.75) is 6.54 Å². The van der Waals surface area contributed by atoms with E-state index in [-0.39, 0.29) is 18.1 Å². The molecule has 1 N–H and O–H groups in total. The van der Waals surface area contributed by atoms with Gasteiger partial charge in [0.25, 0.3) is 0 Å². The Balaban J connectivity index is 1.86. The van der Waals surface area contributed by atoms with Crippen molar-refractivity contribution in [2.24, 2.45) is 0 Å². The number of ether oxygens (including phenoxy) is 1. The Kier molecular flexibility index (Phi) is 3.52. The van der Waals surface area contributed by atoms with Crippen molar-refractivity contribution >= 4 is 5.97 Å². The average Bonchev–Trinajstić information content (AvgIpc) is 2.78. The molecule has 0 bridgehead atoms. The van der Waals surface area contributed by atoms with Crippen LogP contribution in [0.15, 0.2) is 30.5 Å². The monoisotopic (exact) mass is 251 g/mol. The normalized spacial score (nSPS) is 10.3. The van der Waals surface area contributed by atoms with E-state index in [0.717, 1.165) is 0 Å². The lowest BCUT2D eigenvalue weighted by atomic mass is 10.3. The number of carbonyl (C=O) groups is 1. The SMILES string of the molecule is O=C(O)c1cn(CCOc2cccc(F)c2)nn1.